The molecule has 130 valence electrons. The number of carbonyl (C=O) groups excluding carboxylic acids is 1. The van der Waals surface area contributed by atoms with E-state index in [9.17, 15) is 23.1 Å². The lowest BCUT2D eigenvalue weighted by Crippen LogP contribution is -2.45. The fourth-order valence-corrected chi connectivity index (χ4v) is 3.31. The van der Waals surface area contributed by atoms with Crippen molar-refractivity contribution in [1.29, 1.82) is 0 Å². The molecule has 1 amide bonds. The topological polar surface area (TPSA) is 56.3 Å². The zero-order valence-corrected chi connectivity index (χ0v) is 13.2. The maximum atomic E-state index is 12.8. The molecule has 0 saturated carbocycles. The first-order valence-corrected chi connectivity index (χ1v) is 7.91. The number of fused-ring (bicyclic) bond motifs is 1. The zero-order chi connectivity index (χ0) is 17.5. The van der Waals surface area contributed by atoms with Crippen molar-refractivity contribution in [3.8, 4) is 0 Å². The van der Waals surface area contributed by atoms with Crippen molar-refractivity contribution in [2.75, 3.05) is 13.2 Å². The van der Waals surface area contributed by atoms with E-state index in [-0.39, 0.29) is 24.5 Å². The van der Waals surface area contributed by atoms with Crippen molar-refractivity contribution in [2.24, 2.45) is 5.92 Å². The Labute approximate surface area is 137 Å². The lowest BCUT2D eigenvalue weighted by atomic mass is 9.92. The number of rotatable bonds is 2. The molecule has 1 aliphatic heterocycles. The number of nitrogens with zero attached hydrogens (tertiary/aromatic N) is 1. The number of aromatic amines is 1. The van der Waals surface area contributed by atoms with Crippen LogP contribution in [0.4, 0.5) is 13.2 Å². The average Bonchev–Trinajstić information content (AvgIpc) is 2.96. The van der Waals surface area contributed by atoms with Gasteiger partial charge in [0, 0.05) is 30.1 Å². The SMILES string of the molecule is C[C@H]1C[C@@H](CO)CCN1C(=O)c1cc2ccc(C(F)(F)F)cc2[nH]1. The molecule has 3 rings (SSSR count). The minimum Gasteiger partial charge on any atom is -0.396 e. The minimum absolute atomic E-state index is 0.0134. The van der Waals surface area contributed by atoms with Crippen molar-refractivity contribution >= 4 is 16.8 Å². The van der Waals surface area contributed by atoms with Crippen molar-refractivity contribution < 1.29 is 23.1 Å². The molecular formula is C17H19F3N2O2. The fourth-order valence-electron chi connectivity index (χ4n) is 3.31. The first-order valence-electron chi connectivity index (χ1n) is 7.91. The molecule has 0 spiro atoms. The second kappa shape index (κ2) is 6.12. The number of piperidine rings is 1. The molecule has 4 nitrogen and oxygen atoms in total. The molecule has 1 aliphatic rings. The summed E-state index contributed by atoms with van der Waals surface area (Å²) < 4.78 is 38.4. The summed E-state index contributed by atoms with van der Waals surface area (Å²) >= 11 is 0. The maximum absolute atomic E-state index is 12.8. The Kier molecular flexibility index (Phi) is 4.29. The average molecular weight is 340 g/mol. The first kappa shape index (κ1) is 16.8. The number of benzene rings is 1. The molecular weight excluding hydrogens is 321 g/mol. The van der Waals surface area contributed by atoms with Gasteiger partial charge < -0.3 is 15.0 Å². The quantitative estimate of drug-likeness (QED) is 0.880. The van der Waals surface area contributed by atoms with Crippen molar-refractivity contribution in [3.63, 3.8) is 0 Å². The highest BCUT2D eigenvalue weighted by Gasteiger charge is 2.32. The smallest absolute Gasteiger partial charge is 0.396 e. The summed E-state index contributed by atoms with van der Waals surface area (Å²) in [7, 11) is 0. The number of hydrogen-bond acceptors (Lipinski definition) is 2. The summed E-state index contributed by atoms with van der Waals surface area (Å²) in [6.45, 7) is 2.57. The van der Waals surface area contributed by atoms with E-state index in [0.29, 0.717) is 23.1 Å². The molecule has 2 aromatic rings. The molecule has 0 bridgehead atoms. The zero-order valence-electron chi connectivity index (χ0n) is 13.2. The van der Waals surface area contributed by atoms with E-state index in [1.54, 1.807) is 11.0 Å². The van der Waals surface area contributed by atoms with Gasteiger partial charge >= 0.3 is 6.18 Å². The Morgan fingerprint density at radius 3 is 2.75 bits per heavy atom. The highest BCUT2D eigenvalue weighted by Crippen LogP contribution is 2.32. The van der Waals surface area contributed by atoms with Crippen LogP contribution >= 0.6 is 0 Å². The number of H-pyrrole nitrogens is 1. The second-order valence-electron chi connectivity index (χ2n) is 6.40. The van der Waals surface area contributed by atoms with E-state index in [0.717, 1.165) is 25.0 Å². The number of aliphatic hydroxyl groups excluding tert-OH is 1. The monoisotopic (exact) mass is 340 g/mol. The van der Waals surface area contributed by atoms with Gasteiger partial charge in [-0.1, -0.05) is 6.07 Å². The largest absolute Gasteiger partial charge is 0.416 e. The van der Waals surface area contributed by atoms with E-state index in [4.69, 9.17) is 0 Å². The molecule has 2 atom stereocenters. The van der Waals surface area contributed by atoms with Crippen LogP contribution in [-0.2, 0) is 6.18 Å². The highest BCUT2D eigenvalue weighted by molar-refractivity contribution is 5.98. The van der Waals surface area contributed by atoms with Gasteiger partial charge in [0.25, 0.3) is 5.91 Å². The molecule has 1 aromatic heterocycles. The van der Waals surface area contributed by atoms with E-state index < -0.39 is 11.7 Å². The third kappa shape index (κ3) is 3.13. The number of nitrogens with one attached hydrogen (secondary N) is 1. The van der Waals surface area contributed by atoms with Gasteiger partial charge in [-0.05, 0) is 43.9 Å². The summed E-state index contributed by atoms with van der Waals surface area (Å²) in [5.74, 6) is -0.0234. The number of aromatic nitrogens is 1. The van der Waals surface area contributed by atoms with E-state index in [1.807, 2.05) is 6.92 Å². The van der Waals surface area contributed by atoms with Gasteiger partial charge in [-0.2, -0.15) is 13.2 Å². The molecule has 1 aromatic carbocycles. The van der Waals surface area contributed by atoms with Gasteiger partial charge in [0.1, 0.15) is 5.69 Å². The van der Waals surface area contributed by atoms with Crippen molar-refractivity contribution in [3.05, 3.63) is 35.5 Å². The molecule has 0 radical (unpaired) electrons. The van der Waals surface area contributed by atoms with Gasteiger partial charge in [0.15, 0.2) is 0 Å². The number of carbonyl (C=O) groups is 1. The third-order valence-electron chi connectivity index (χ3n) is 4.68. The molecule has 24 heavy (non-hydrogen) atoms. The molecule has 1 saturated heterocycles. The highest BCUT2D eigenvalue weighted by atomic mass is 19.4. The Balaban J connectivity index is 1.85. The Hall–Kier alpha value is -2.02. The van der Waals surface area contributed by atoms with Gasteiger partial charge in [-0.15, -0.1) is 0 Å². The predicted molar refractivity (Wildman–Crippen MR) is 83.6 cm³/mol. The van der Waals surface area contributed by atoms with Crippen LogP contribution in [0.2, 0.25) is 0 Å². The molecule has 7 heteroatoms. The number of amides is 1. The number of aliphatic hydroxyl groups is 1. The number of likely N-dealkylation sites (tertiary alicyclic amines) is 1. The van der Waals surface area contributed by atoms with E-state index >= 15 is 0 Å². The van der Waals surface area contributed by atoms with Crippen molar-refractivity contribution in [2.45, 2.75) is 32.0 Å². The van der Waals surface area contributed by atoms with Crippen LogP contribution in [0, 0.1) is 5.92 Å². The van der Waals surface area contributed by atoms with E-state index in [1.165, 1.54) is 6.07 Å². The van der Waals surface area contributed by atoms with Gasteiger partial charge in [-0.25, -0.2) is 0 Å². The summed E-state index contributed by atoms with van der Waals surface area (Å²) in [6.07, 6.45) is -2.96. The third-order valence-corrected chi connectivity index (χ3v) is 4.68. The molecule has 2 heterocycles. The van der Waals surface area contributed by atoms with Crippen LogP contribution in [0.3, 0.4) is 0 Å². The normalized spacial score (nSPS) is 22.1. The molecule has 2 N–H and O–H groups in total. The summed E-state index contributed by atoms with van der Waals surface area (Å²) in [6, 6.07) is 4.98. The number of alkyl halides is 3. The maximum Gasteiger partial charge on any atom is 0.416 e. The Morgan fingerprint density at radius 1 is 1.38 bits per heavy atom. The van der Waals surface area contributed by atoms with Crippen LogP contribution in [0.5, 0.6) is 0 Å². The lowest BCUT2D eigenvalue weighted by molar-refractivity contribution is -0.137. The van der Waals surface area contributed by atoms with E-state index in [2.05, 4.69) is 4.98 Å². The number of halogens is 3. The van der Waals surface area contributed by atoms with Crippen LogP contribution in [-0.4, -0.2) is 40.1 Å². The first-order chi connectivity index (χ1) is 11.3. The van der Waals surface area contributed by atoms with Crippen LogP contribution in [0.1, 0.15) is 35.8 Å². The Bertz CT molecular complexity index is 754. The van der Waals surface area contributed by atoms with Crippen molar-refractivity contribution in [1.82, 2.24) is 9.88 Å². The van der Waals surface area contributed by atoms with Gasteiger partial charge in [0.05, 0.1) is 5.56 Å². The summed E-state index contributed by atoms with van der Waals surface area (Å²) in [4.78, 5) is 17.2. The van der Waals surface area contributed by atoms with Crippen LogP contribution in [0.15, 0.2) is 24.3 Å². The summed E-state index contributed by atoms with van der Waals surface area (Å²) in [5.41, 5.74) is -0.155. The van der Waals surface area contributed by atoms with Crippen LogP contribution in [0.25, 0.3) is 10.9 Å². The second-order valence-corrected chi connectivity index (χ2v) is 6.40. The lowest BCUT2D eigenvalue weighted by Gasteiger charge is -2.36. The Morgan fingerprint density at radius 2 is 2.12 bits per heavy atom. The molecule has 0 unspecified atom stereocenters. The predicted octanol–water partition coefficient (Wildman–Crippen LogP) is 3.42. The molecule has 0 aliphatic carbocycles. The van der Waals surface area contributed by atoms with Gasteiger partial charge in [0.2, 0.25) is 0 Å². The van der Waals surface area contributed by atoms with Gasteiger partial charge in [-0.3, -0.25) is 4.79 Å². The van der Waals surface area contributed by atoms with Crippen LogP contribution < -0.4 is 0 Å². The standard InChI is InChI=1S/C17H19F3N2O2/c1-10-6-11(9-23)4-5-22(10)16(24)15-7-12-2-3-13(17(18,19)20)8-14(12)21-15/h2-3,7-8,10-11,21,23H,4-6,9H2,1H3/t10-,11-/m0/s1. The number of hydrogen-bond donors (Lipinski definition) is 2. The fraction of sp³-hybridized carbons (Fsp3) is 0.471. The molecule has 1 fully saturated rings. The minimum atomic E-state index is -4.41. The summed E-state index contributed by atoms with van der Waals surface area (Å²) in [5, 5.41) is 9.81.